The Labute approximate surface area is 73.9 Å². The quantitative estimate of drug-likeness (QED) is 0.660. The highest BCUT2D eigenvalue weighted by Gasteiger charge is 2.27. The zero-order valence-electron chi connectivity index (χ0n) is 6.92. The fraction of sp³-hybridized carbons (Fsp3) is 1.00. The van der Waals surface area contributed by atoms with E-state index in [2.05, 4.69) is 0 Å². The lowest BCUT2D eigenvalue weighted by Gasteiger charge is -2.28. The Morgan fingerprint density at radius 2 is 1.91 bits per heavy atom. The first-order chi connectivity index (χ1) is 4.72. The van der Waals surface area contributed by atoms with Gasteiger partial charge in [0.25, 0.3) is 0 Å². The van der Waals surface area contributed by atoms with E-state index in [0.717, 1.165) is 25.7 Å². The molecule has 0 aromatic carbocycles. The molecule has 0 amide bonds. The Kier molecular flexibility index (Phi) is 5.02. The van der Waals surface area contributed by atoms with Crippen LogP contribution in [0.25, 0.3) is 0 Å². The minimum Gasteiger partial charge on any atom is -0.328 e. The van der Waals surface area contributed by atoms with Crippen LogP contribution in [0.1, 0.15) is 32.6 Å². The third-order valence-electron chi connectivity index (χ3n) is 2.41. The minimum atomic E-state index is -0.631. The van der Waals surface area contributed by atoms with Gasteiger partial charge in [-0.2, -0.15) is 0 Å². The Balaban J connectivity index is 0.000001000. The minimum absolute atomic E-state index is 0. The molecule has 11 heavy (non-hydrogen) atoms. The third-order valence-corrected chi connectivity index (χ3v) is 2.41. The molecule has 0 radical (unpaired) electrons. The summed E-state index contributed by atoms with van der Waals surface area (Å²) >= 11 is 0. The molecule has 0 aliphatic heterocycles. The molecule has 1 aliphatic carbocycles. The average molecular weight is 182 g/mol. The van der Waals surface area contributed by atoms with Crippen molar-refractivity contribution in [3.63, 3.8) is 0 Å². The largest absolute Gasteiger partial charge is 0.328 e. The van der Waals surface area contributed by atoms with E-state index in [0.29, 0.717) is 0 Å². The summed E-state index contributed by atoms with van der Waals surface area (Å²) < 4.78 is 13.0. The van der Waals surface area contributed by atoms with E-state index < -0.39 is 6.17 Å². The average Bonchev–Trinajstić information content (AvgIpc) is 1.88. The maximum absolute atomic E-state index is 13.0. The van der Waals surface area contributed by atoms with Crippen molar-refractivity contribution < 1.29 is 4.39 Å². The first-order valence-electron chi connectivity index (χ1n) is 4.11. The fourth-order valence-corrected chi connectivity index (χ4v) is 1.71. The summed E-state index contributed by atoms with van der Waals surface area (Å²) in [6.45, 7) is 1.91. The van der Waals surface area contributed by atoms with E-state index >= 15 is 0 Å². The van der Waals surface area contributed by atoms with Gasteiger partial charge in [-0.1, -0.05) is 12.8 Å². The van der Waals surface area contributed by atoms with Gasteiger partial charge in [-0.15, -0.1) is 12.4 Å². The lowest BCUT2D eigenvalue weighted by molar-refractivity contribution is 0.147. The van der Waals surface area contributed by atoms with Gasteiger partial charge in [-0.25, -0.2) is 4.39 Å². The number of alkyl halides is 1. The van der Waals surface area contributed by atoms with Crippen LogP contribution in [0.2, 0.25) is 0 Å². The molecule has 0 aromatic heterocycles. The molecule has 1 fully saturated rings. The van der Waals surface area contributed by atoms with Gasteiger partial charge in [0, 0.05) is 12.0 Å². The Hall–Kier alpha value is 0.180. The lowest BCUT2D eigenvalue weighted by Crippen LogP contribution is -2.35. The molecule has 0 aromatic rings. The summed E-state index contributed by atoms with van der Waals surface area (Å²) in [6.07, 6.45) is 3.29. The molecule has 3 unspecified atom stereocenters. The predicted molar refractivity (Wildman–Crippen MR) is 47.8 cm³/mol. The summed E-state index contributed by atoms with van der Waals surface area (Å²) in [5.41, 5.74) is 5.62. The highest BCUT2D eigenvalue weighted by atomic mass is 35.5. The monoisotopic (exact) mass is 181 g/mol. The van der Waals surface area contributed by atoms with Crippen molar-refractivity contribution in [1.82, 2.24) is 0 Å². The molecule has 1 rings (SSSR count). The smallest absolute Gasteiger partial charge is 0.104 e. The number of hydrogen-bond donors (Lipinski definition) is 1. The van der Waals surface area contributed by atoms with Crippen LogP contribution in [0.3, 0.4) is 0 Å². The molecule has 3 atom stereocenters. The summed E-state index contributed by atoms with van der Waals surface area (Å²) in [5, 5.41) is 0. The highest BCUT2D eigenvalue weighted by Crippen LogP contribution is 2.28. The molecule has 0 bridgehead atoms. The molecule has 1 aliphatic rings. The Morgan fingerprint density at radius 3 is 2.27 bits per heavy atom. The van der Waals surface area contributed by atoms with Gasteiger partial charge >= 0.3 is 0 Å². The lowest BCUT2D eigenvalue weighted by atomic mass is 9.83. The van der Waals surface area contributed by atoms with Crippen molar-refractivity contribution in [3.8, 4) is 0 Å². The number of halogens is 2. The van der Waals surface area contributed by atoms with Crippen LogP contribution < -0.4 is 5.73 Å². The molecular formula is C8H17ClFN. The van der Waals surface area contributed by atoms with Gasteiger partial charge < -0.3 is 5.73 Å². The number of nitrogens with two attached hydrogens (primary N) is 1. The van der Waals surface area contributed by atoms with Crippen LogP contribution in [0.4, 0.5) is 4.39 Å². The van der Waals surface area contributed by atoms with Crippen molar-refractivity contribution in [2.45, 2.75) is 44.8 Å². The summed E-state index contributed by atoms with van der Waals surface area (Å²) in [6, 6.07) is 0.0373. The van der Waals surface area contributed by atoms with Crippen LogP contribution in [-0.2, 0) is 0 Å². The second kappa shape index (κ2) is 4.94. The SMILES string of the molecule is CC(N)C1CCCCC1F.Cl. The first-order valence-corrected chi connectivity index (χ1v) is 4.11. The first kappa shape index (κ1) is 11.2. The normalized spacial score (nSPS) is 34.1. The maximum Gasteiger partial charge on any atom is 0.104 e. The number of rotatable bonds is 1. The van der Waals surface area contributed by atoms with E-state index in [1.807, 2.05) is 6.92 Å². The zero-order valence-corrected chi connectivity index (χ0v) is 7.74. The summed E-state index contributed by atoms with van der Waals surface area (Å²) in [4.78, 5) is 0. The highest BCUT2D eigenvalue weighted by molar-refractivity contribution is 5.85. The van der Waals surface area contributed by atoms with Crippen molar-refractivity contribution >= 4 is 12.4 Å². The van der Waals surface area contributed by atoms with Gasteiger partial charge in [0.05, 0.1) is 0 Å². The van der Waals surface area contributed by atoms with E-state index in [1.54, 1.807) is 0 Å². The summed E-state index contributed by atoms with van der Waals surface area (Å²) in [7, 11) is 0. The molecular weight excluding hydrogens is 165 g/mol. The zero-order chi connectivity index (χ0) is 7.56. The Morgan fingerprint density at radius 1 is 1.36 bits per heavy atom. The van der Waals surface area contributed by atoms with Gasteiger partial charge in [0.15, 0.2) is 0 Å². The van der Waals surface area contributed by atoms with Crippen molar-refractivity contribution in [3.05, 3.63) is 0 Å². The summed E-state index contributed by atoms with van der Waals surface area (Å²) in [5.74, 6) is 0.133. The Bertz CT molecular complexity index is 108. The van der Waals surface area contributed by atoms with Crippen molar-refractivity contribution in [1.29, 1.82) is 0 Å². The van der Waals surface area contributed by atoms with Crippen LogP contribution in [0, 0.1) is 5.92 Å². The van der Waals surface area contributed by atoms with E-state index in [1.165, 1.54) is 0 Å². The fourth-order valence-electron chi connectivity index (χ4n) is 1.71. The maximum atomic E-state index is 13.0. The topological polar surface area (TPSA) is 26.0 Å². The van der Waals surface area contributed by atoms with E-state index in [4.69, 9.17) is 5.73 Å². The third kappa shape index (κ3) is 2.96. The van der Waals surface area contributed by atoms with Crippen LogP contribution in [0.15, 0.2) is 0 Å². The molecule has 0 saturated heterocycles. The number of hydrogen-bond acceptors (Lipinski definition) is 1. The molecule has 0 heterocycles. The molecule has 68 valence electrons. The van der Waals surface area contributed by atoms with Gasteiger partial charge in [-0.3, -0.25) is 0 Å². The van der Waals surface area contributed by atoms with Crippen molar-refractivity contribution in [2.24, 2.45) is 11.7 Å². The standard InChI is InChI=1S/C8H16FN.ClH/c1-6(10)7-4-2-3-5-8(7)9;/h6-8H,2-5,10H2,1H3;1H. The predicted octanol–water partition coefficient (Wildman–Crippen LogP) is 2.28. The molecule has 2 N–H and O–H groups in total. The molecule has 1 nitrogen and oxygen atoms in total. The molecule has 1 saturated carbocycles. The second-order valence-corrected chi connectivity index (χ2v) is 3.32. The van der Waals surface area contributed by atoms with Gasteiger partial charge in [0.2, 0.25) is 0 Å². The van der Waals surface area contributed by atoms with Crippen LogP contribution >= 0.6 is 12.4 Å². The van der Waals surface area contributed by atoms with Crippen molar-refractivity contribution in [2.75, 3.05) is 0 Å². The molecule has 0 spiro atoms. The molecule has 3 heteroatoms. The second-order valence-electron chi connectivity index (χ2n) is 3.32. The van der Waals surface area contributed by atoms with Crippen LogP contribution in [-0.4, -0.2) is 12.2 Å². The van der Waals surface area contributed by atoms with Gasteiger partial charge in [-0.05, 0) is 19.8 Å². The van der Waals surface area contributed by atoms with E-state index in [-0.39, 0.29) is 24.4 Å². The van der Waals surface area contributed by atoms with Gasteiger partial charge in [0.1, 0.15) is 6.17 Å². The van der Waals surface area contributed by atoms with E-state index in [9.17, 15) is 4.39 Å². The van der Waals surface area contributed by atoms with Crippen LogP contribution in [0.5, 0.6) is 0 Å².